The van der Waals surface area contributed by atoms with E-state index in [1.165, 1.54) is 26.3 Å². The van der Waals surface area contributed by atoms with Gasteiger partial charge in [0.15, 0.2) is 0 Å². The first-order valence-corrected chi connectivity index (χ1v) is 11.0. The number of esters is 1. The fraction of sp³-hybridized carbons (Fsp3) is 0.364. The van der Waals surface area contributed by atoms with E-state index in [1.807, 2.05) is 20.8 Å². The number of sulfonamides is 1. The Hall–Kier alpha value is -2.87. The summed E-state index contributed by atoms with van der Waals surface area (Å²) in [4.78, 5) is 24.6. The number of methoxy groups -OCH3 is 1. The minimum absolute atomic E-state index is 0.187. The Morgan fingerprint density at radius 1 is 1.03 bits per heavy atom. The van der Waals surface area contributed by atoms with E-state index in [9.17, 15) is 18.0 Å². The SMILES string of the molecule is COC(=O)C(CC(C)C)NC(=O)c1ccc(N(C)S(=O)(=O)c2ccc(C)cc2)cc1. The zero-order chi connectivity index (χ0) is 22.5. The van der Waals surface area contributed by atoms with Crippen molar-refractivity contribution < 1.29 is 22.7 Å². The Balaban J connectivity index is 2.17. The molecule has 0 radical (unpaired) electrons. The van der Waals surface area contributed by atoms with Gasteiger partial charge in [-0.2, -0.15) is 0 Å². The van der Waals surface area contributed by atoms with Crippen LogP contribution < -0.4 is 9.62 Å². The summed E-state index contributed by atoms with van der Waals surface area (Å²) in [5.74, 6) is -0.739. The van der Waals surface area contributed by atoms with Crippen molar-refractivity contribution in [2.45, 2.75) is 38.1 Å². The van der Waals surface area contributed by atoms with Gasteiger partial charge in [0, 0.05) is 12.6 Å². The van der Waals surface area contributed by atoms with Crippen molar-refractivity contribution in [2.24, 2.45) is 5.92 Å². The first kappa shape index (κ1) is 23.4. The fourth-order valence-corrected chi connectivity index (χ4v) is 4.09. The predicted molar refractivity (Wildman–Crippen MR) is 116 cm³/mol. The summed E-state index contributed by atoms with van der Waals surface area (Å²) in [6, 6.07) is 12.0. The van der Waals surface area contributed by atoms with E-state index < -0.39 is 27.9 Å². The van der Waals surface area contributed by atoms with Crippen LogP contribution in [-0.4, -0.2) is 40.5 Å². The van der Waals surface area contributed by atoms with Crippen molar-refractivity contribution in [2.75, 3.05) is 18.5 Å². The van der Waals surface area contributed by atoms with Crippen molar-refractivity contribution in [1.29, 1.82) is 0 Å². The molecule has 2 aromatic rings. The second-order valence-corrected chi connectivity index (χ2v) is 9.48. The maximum Gasteiger partial charge on any atom is 0.328 e. The van der Waals surface area contributed by atoms with Gasteiger partial charge in [-0.05, 0) is 55.7 Å². The number of nitrogens with zero attached hydrogens (tertiary/aromatic N) is 1. The number of aryl methyl sites for hydroxylation is 1. The molecule has 162 valence electrons. The van der Waals surface area contributed by atoms with Crippen LogP contribution in [-0.2, 0) is 19.6 Å². The van der Waals surface area contributed by atoms with Crippen molar-refractivity contribution in [3.63, 3.8) is 0 Å². The standard InChI is InChI=1S/C22H28N2O5S/c1-15(2)14-20(22(26)29-5)23-21(25)17-8-10-18(11-9-17)24(4)30(27,28)19-12-6-16(3)7-13-19/h6-13,15,20H,14H2,1-5H3,(H,23,25). The van der Waals surface area contributed by atoms with Crippen LogP contribution in [0.2, 0.25) is 0 Å². The quantitative estimate of drug-likeness (QED) is 0.647. The van der Waals surface area contributed by atoms with E-state index in [-0.39, 0.29) is 10.8 Å². The molecule has 0 saturated carbocycles. The molecule has 0 bridgehead atoms. The normalized spacial score (nSPS) is 12.3. The third-order valence-corrected chi connectivity index (χ3v) is 6.47. The van der Waals surface area contributed by atoms with E-state index in [0.29, 0.717) is 17.7 Å². The van der Waals surface area contributed by atoms with Gasteiger partial charge in [-0.3, -0.25) is 9.10 Å². The van der Waals surface area contributed by atoms with Crippen LogP contribution in [0.4, 0.5) is 5.69 Å². The lowest BCUT2D eigenvalue weighted by Gasteiger charge is -2.20. The number of amides is 1. The van der Waals surface area contributed by atoms with E-state index in [4.69, 9.17) is 4.74 Å². The van der Waals surface area contributed by atoms with Gasteiger partial charge in [-0.15, -0.1) is 0 Å². The summed E-state index contributed by atoms with van der Waals surface area (Å²) >= 11 is 0. The van der Waals surface area contributed by atoms with Gasteiger partial charge in [0.2, 0.25) is 0 Å². The van der Waals surface area contributed by atoms with Crippen LogP contribution in [0.5, 0.6) is 0 Å². The van der Waals surface area contributed by atoms with Crippen LogP contribution >= 0.6 is 0 Å². The molecular formula is C22H28N2O5S. The van der Waals surface area contributed by atoms with E-state index >= 15 is 0 Å². The van der Waals surface area contributed by atoms with Gasteiger partial charge in [0.05, 0.1) is 17.7 Å². The monoisotopic (exact) mass is 432 g/mol. The van der Waals surface area contributed by atoms with E-state index in [1.54, 1.807) is 36.4 Å². The number of hydrogen-bond donors (Lipinski definition) is 1. The van der Waals surface area contributed by atoms with Crippen LogP contribution in [0, 0.1) is 12.8 Å². The fourth-order valence-electron chi connectivity index (χ4n) is 2.90. The van der Waals surface area contributed by atoms with Crippen LogP contribution in [0.15, 0.2) is 53.4 Å². The highest BCUT2D eigenvalue weighted by Gasteiger charge is 2.24. The summed E-state index contributed by atoms with van der Waals surface area (Å²) < 4.78 is 31.6. The first-order valence-electron chi connectivity index (χ1n) is 9.60. The van der Waals surface area contributed by atoms with Gasteiger partial charge in [-0.1, -0.05) is 31.5 Å². The third-order valence-electron chi connectivity index (χ3n) is 4.67. The molecule has 2 rings (SSSR count). The first-order chi connectivity index (χ1) is 14.1. The van der Waals surface area contributed by atoms with Crippen molar-refractivity contribution in [1.82, 2.24) is 5.32 Å². The van der Waals surface area contributed by atoms with Gasteiger partial charge in [0.25, 0.3) is 15.9 Å². The molecule has 0 aliphatic carbocycles. The largest absolute Gasteiger partial charge is 0.467 e. The molecule has 0 aromatic heterocycles. The molecule has 0 spiro atoms. The Morgan fingerprint density at radius 3 is 2.10 bits per heavy atom. The summed E-state index contributed by atoms with van der Waals surface area (Å²) in [6.45, 7) is 5.78. The molecule has 0 fully saturated rings. The lowest BCUT2D eigenvalue weighted by Crippen LogP contribution is -2.42. The molecule has 7 nitrogen and oxygen atoms in total. The Labute approximate surface area is 178 Å². The van der Waals surface area contributed by atoms with Gasteiger partial charge in [-0.25, -0.2) is 13.2 Å². The molecule has 0 saturated heterocycles. The average Bonchev–Trinajstić information content (AvgIpc) is 2.72. The zero-order valence-corrected chi connectivity index (χ0v) is 18.7. The maximum absolute atomic E-state index is 12.8. The molecule has 0 heterocycles. The molecule has 1 atom stereocenters. The topological polar surface area (TPSA) is 92.8 Å². The van der Waals surface area contributed by atoms with Gasteiger partial charge >= 0.3 is 5.97 Å². The van der Waals surface area contributed by atoms with Crippen molar-refractivity contribution in [3.05, 3.63) is 59.7 Å². The van der Waals surface area contributed by atoms with Gasteiger partial charge in [0.1, 0.15) is 6.04 Å². The highest BCUT2D eigenvalue weighted by molar-refractivity contribution is 7.92. The number of hydrogen-bond acceptors (Lipinski definition) is 5. The van der Waals surface area contributed by atoms with E-state index in [0.717, 1.165) is 9.87 Å². The average molecular weight is 433 g/mol. The molecule has 1 unspecified atom stereocenters. The molecule has 2 aromatic carbocycles. The Morgan fingerprint density at radius 2 is 1.60 bits per heavy atom. The smallest absolute Gasteiger partial charge is 0.328 e. The van der Waals surface area contributed by atoms with Crippen LogP contribution in [0.3, 0.4) is 0 Å². The number of rotatable bonds is 8. The minimum atomic E-state index is -3.72. The number of carbonyl (C=O) groups is 2. The number of carbonyl (C=O) groups excluding carboxylic acids is 2. The van der Waals surface area contributed by atoms with Crippen LogP contribution in [0.1, 0.15) is 36.2 Å². The van der Waals surface area contributed by atoms with Crippen molar-refractivity contribution in [3.8, 4) is 0 Å². The van der Waals surface area contributed by atoms with E-state index in [2.05, 4.69) is 5.32 Å². The number of ether oxygens (including phenoxy) is 1. The Bertz CT molecular complexity index is 983. The second kappa shape index (κ2) is 9.75. The molecule has 30 heavy (non-hydrogen) atoms. The summed E-state index contributed by atoms with van der Waals surface area (Å²) in [6.07, 6.45) is 0.452. The third kappa shape index (κ3) is 5.60. The lowest BCUT2D eigenvalue weighted by molar-refractivity contribution is -0.143. The van der Waals surface area contributed by atoms with Crippen LogP contribution in [0.25, 0.3) is 0 Å². The molecule has 0 aliphatic rings. The molecule has 1 N–H and O–H groups in total. The lowest BCUT2D eigenvalue weighted by atomic mass is 10.0. The number of benzene rings is 2. The maximum atomic E-state index is 12.8. The minimum Gasteiger partial charge on any atom is -0.467 e. The number of nitrogens with one attached hydrogen (secondary N) is 1. The summed E-state index contributed by atoms with van der Waals surface area (Å²) in [5.41, 5.74) is 1.70. The summed E-state index contributed by atoms with van der Waals surface area (Å²) in [5, 5.41) is 2.68. The zero-order valence-electron chi connectivity index (χ0n) is 17.9. The van der Waals surface area contributed by atoms with Crippen molar-refractivity contribution >= 4 is 27.6 Å². The second-order valence-electron chi connectivity index (χ2n) is 7.51. The summed E-state index contributed by atoms with van der Waals surface area (Å²) in [7, 11) is -0.980. The molecule has 8 heteroatoms. The number of anilines is 1. The predicted octanol–water partition coefficient (Wildman–Crippen LogP) is 3.14. The van der Waals surface area contributed by atoms with Gasteiger partial charge < -0.3 is 10.1 Å². The molecule has 0 aliphatic heterocycles. The highest BCUT2D eigenvalue weighted by Crippen LogP contribution is 2.23. The highest BCUT2D eigenvalue weighted by atomic mass is 32.2. The molecule has 1 amide bonds. The molecular weight excluding hydrogens is 404 g/mol. The Kier molecular flexibility index (Phi) is 7.61.